The highest BCUT2D eigenvalue weighted by Gasteiger charge is 2.24. The molecule has 0 saturated heterocycles. The molecule has 2 N–H and O–H groups in total. The number of halogens is 1. The summed E-state index contributed by atoms with van der Waals surface area (Å²) in [5, 5.41) is 20.0. The summed E-state index contributed by atoms with van der Waals surface area (Å²) in [5.74, 6) is 1.15. The Labute approximate surface area is 136 Å². The number of rotatable bonds is 5. The average molecular weight is 362 g/mol. The lowest BCUT2D eigenvalue weighted by Crippen LogP contribution is -2.19. The Morgan fingerprint density at radius 1 is 1.45 bits per heavy atom. The van der Waals surface area contributed by atoms with Gasteiger partial charge in [-0.2, -0.15) is 15.3 Å². The van der Waals surface area contributed by atoms with Crippen molar-refractivity contribution in [2.45, 2.75) is 32.2 Å². The van der Waals surface area contributed by atoms with Crippen molar-refractivity contribution in [3.05, 3.63) is 22.6 Å². The summed E-state index contributed by atoms with van der Waals surface area (Å²) in [6.07, 6.45) is 6.69. The maximum atomic E-state index is 9.41. The Kier molecular flexibility index (Phi) is 4.24. The molecule has 0 radical (unpaired) electrons. The van der Waals surface area contributed by atoms with Crippen LogP contribution in [0.2, 0.25) is 0 Å². The molecule has 1 aliphatic carbocycles. The van der Waals surface area contributed by atoms with Crippen LogP contribution < -0.4 is 10.6 Å². The quantitative estimate of drug-likeness (QED) is 0.849. The van der Waals surface area contributed by atoms with Gasteiger partial charge in [0.2, 0.25) is 5.95 Å². The molecule has 2 heterocycles. The van der Waals surface area contributed by atoms with Crippen molar-refractivity contribution in [1.29, 1.82) is 5.26 Å². The normalized spacial score (nSPS) is 14.2. The van der Waals surface area contributed by atoms with Gasteiger partial charge in [0.05, 0.1) is 22.4 Å². The zero-order valence-electron chi connectivity index (χ0n) is 12.2. The number of nitriles is 1. The summed E-state index contributed by atoms with van der Waals surface area (Å²) in [5.41, 5.74) is 1.17. The molecule has 0 unspecified atom stereocenters. The molecule has 0 atom stereocenters. The number of hydrogen-bond donors (Lipinski definition) is 2. The Morgan fingerprint density at radius 3 is 2.91 bits per heavy atom. The van der Waals surface area contributed by atoms with Gasteiger partial charge < -0.3 is 10.6 Å². The lowest BCUT2D eigenvalue weighted by Gasteiger charge is -2.26. The zero-order chi connectivity index (χ0) is 15.5. The van der Waals surface area contributed by atoms with E-state index in [9.17, 15) is 5.26 Å². The Balaban J connectivity index is 1.85. The Bertz CT molecular complexity index is 714. The largest absolute Gasteiger partial charge is 0.369 e. The predicted octanol–water partition coefficient (Wildman–Crippen LogP) is 3.21. The minimum atomic E-state index is 0.341. The number of nitrogens with zero attached hydrogens (tertiary/aromatic N) is 5. The maximum Gasteiger partial charge on any atom is 0.229 e. The van der Waals surface area contributed by atoms with Crippen LogP contribution in [0.3, 0.4) is 0 Å². The first-order chi connectivity index (χ1) is 10.7. The first-order valence-corrected chi connectivity index (χ1v) is 8.03. The van der Waals surface area contributed by atoms with Crippen LogP contribution in [-0.4, -0.2) is 26.3 Å². The van der Waals surface area contributed by atoms with E-state index in [2.05, 4.69) is 47.7 Å². The van der Waals surface area contributed by atoms with Crippen molar-refractivity contribution < 1.29 is 0 Å². The van der Waals surface area contributed by atoms with Crippen LogP contribution in [0.1, 0.15) is 37.9 Å². The topological polar surface area (TPSA) is 91.5 Å². The van der Waals surface area contributed by atoms with Crippen LogP contribution in [0.4, 0.5) is 17.5 Å². The molecule has 2 aromatic rings. The van der Waals surface area contributed by atoms with Gasteiger partial charge in [0.15, 0.2) is 5.69 Å². The second kappa shape index (κ2) is 6.32. The van der Waals surface area contributed by atoms with Gasteiger partial charge in [0.25, 0.3) is 0 Å². The van der Waals surface area contributed by atoms with Crippen molar-refractivity contribution in [3.63, 3.8) is 0 Å². The minimum absolute atomic E-state index is 0.341. The average Bonchev–Trinajstić information content (AvgIpc) is 2.83. The Morgan fingerprint density at radius 2 is 2.27 bits per heavy atom. The van der Waals surface area contributed by atoms with Gasteiger partial charge in [0, 0.05) is 12.7 Å². The molecule has 0 amide bonds. The monoisotopic (exact) mass is 361 g/mol. The fourth-order valence-corrected chi connectivity index (χ4v) is 2.64. The summed E-state index contributed by atoms with van der Waals surface area (Å²) in [6.45, 7) is 2.76. The summed E-state index contributed by atoms with van der Waals surface area (Å²) < 4.78 is 2.60. The van der Waals surface area contributed by atoms with Crippen LogP contribution in [0.15, 0.2) is 16.9 Å². The molecule has 1 aliphatic rings. The van der Waals surface area contributed by atoms with E-state index < -0.39 is 0 Å². The summed E-state index contributed by atoms with van der Waals surface area (Å²) in [4.78, 5) is 8.62. The van der Waals surface area contributed by atoms with Crippen molar-refractivity contribution in [1.82, 2.24) is 19.7 Å². The molecule has 2 aromatic heterocycles. The van der Waals surface area contributed by atoms with Gasteiger partial charge in [-0.25, -0.2) is 9.67 Å². The zero-order valence-corrected chi connectivity index (χ0v) is 13.8. The summed E-state index contributed by atoms with van der Waals surface area (Å²) in [6, 6.07) is 2.56. The van der Waals surface area contributed by atoms with E-state index in [0.717, 1.165) is 23.9 Å². The second-order valence-corrected chi connectivity index (χ2v) is 5.95. The lowest BCUT2D eigenvalue weighted by atomic mass is 9.93. The third-order valence-corrected chi connectivity index (χ3v) is 4.24. The van der Waals surface area contributed by atoms with Gasteiger partial charge >= 0.3 is 0 Å². The lowest BCUT2D eigenvalue weighted by molar-refractivity contribution is 0.287. The van der Waals surface area contributed by atoms with E-state index in [1.54, 1.807) is 17.1 Å². The number of hydrogen-bond acceptors (Lipinski definition) is 6. The molecule has 1 saturated carbocycles. The molecular weight excluding hydrogens is 346 g/mol. The summed E-state index contributed by atoms with van der Waals surface area (Å²) in [7, 11) is 0. The van der Waals surface area contributed by atoms with E-state index in [1.807, 2.05) is 6.92 Å². The first-order valence-electron chi connectivity index (χ1n) is 7.24. The SMILES string of the molecule is CCNc1nc(Nc2cnn(C3CCC3)c2C#N)ncc1Br. The molecule has 7 nitrogen and oxygen atoms in total. The highest BCUT2D eigenvalue weighted by Crippen LogP contribution is 2.34. The molecule has 8 heteroatoms. The van der Waals surface area contributed by atoms with Crippen LogP contribution in [0.25, 0.3) is 0 Å². The van der Waals surface area contributed by atoms with Crippen molar-refractivity contribution >= 4 is 33.4 Å². The van der Waals surface area contributed by atoms with E-state index in [-0.39, 0.29) is 0 Å². The molecule has 0 aliphatic heterocycles. The standard InChI is InChI=1S/C14H16BrN7/c1-2-17-13-10(15)7-18-14(21-13)20-11-8-19-22(12(11)6-16)9-4-3-5-9/h7-9H,2-5H2,1H3,(H2,17,18,20,21). The van der Waals surface area contributed by atoms with Crippen molar-refractivity contribution in [3.8, 4) is 6.07 Å². The number of anilines is 3. The van der Waals surface area contributed by atoms with Crippen LogP contribution in [0, 0.1) is 11.3 Å². The summed E-state index contributed by atoms with van der Waals surface area (Å²) >= 11 is 3.40. The second-order valence-electron chi connectivity index (χ2n) is 5.09. The van der Waals surface area contributed by atoms with Gasteiger partial charge in [-0.1, -0.05) is 0 Å². The van der Waals surface area contributed by atoms with Crippen LogP contribution in [0.5, 0.6) is 0 Å². The van der Waals surface area contributed by atoms with Crippen molar-refractivity contribution in [2.24, 2.45) is 0 Å². The van der Waals surface area contributed by atoms with E-state index in [0.29, 0.717) is 29.2 Å². The first kappa shape index (κ1) is 14.8. The van der Waals surface area contributed by atoms with E-state index >= 15 is 0 Å². The van der Waals surface area contributed by atoms with Gasteiger partial charge in [0.1, 0.15) is 11.9 Å². The number of nitrogens with one attached hydrogen (secondary N) is 2. The third-order valence-electron chi connectivity index (χ3n) is 3.66. The minimum Gasteiger partial charge on any atom is -0.369 e. The number of aromatic nitrogens is 4. The molecule has 114 valence electrons. The molecule has 3 rings (SSSR count). The van der Waals surface area contributed by atoms with Gasteiger partial charge in [-0.05, 0) is 42.1 Å². The highest BCUT2D eigenvalue weighted by atomic mass is 79.9. The maximum absolute atomic E-state index is 9.41. The molecule has 22 heavy (non-hydrogen) atoms. The van der Waals surface area contributed by atoms with Crippen LogP contribution >= 0.6 is 15.9 Å². The molecule has 0 bridgehead atoms. The highest BCUT2D eigenvalue weighted by molar-refractivity contribution is 9.10. The Hall–Kier alpha value is -2.14. The molecule has 1 fully saturated rings. The smallest absolute Gasteiger partial charge is 0.229 e. The van der Waals surface area contributed by atoms with Crippen molar-refractivity contribution in [2.75, 3.05) is 17.2 Å². The van der Waals surface area contributed by atoms with E-state index in [1.165, 1.54) is 6.42 Å². The fourth-order valence-electron chi connectivity index (χ4n) is 2.31. The predicted molar refractivity (Wildman–Crippen MR) is 87.0 cm³/mol. The van der Waals surface area contributed by atoms with E-state index in [4.69, 9.17) is 0 Å². The third kappa shape index (κ3) is 2.76. The van der Waals surface area contributed by atoms with Gasteiger partial charge in [-0.3, -0.25) is 0 Å². The molecular formula is C14H16BrN7. The van der Waals surface area contributed by atoms with Crippen LogP contribution in [-0.2, 0) is 0 Å². The fraction of sp³-hybridized carbons (Fsp3) is 0.429. The molecule has 0 aromatic carbocycles. The van der Waals surface area contributed by atoms with Gasteiger partial charge in [-0.15, -0.1) is 0 Å². The molecule has 0 spiro atoms.